The Labute approximate surface area is 170 Å². The number of hydrogen-bond acceptors (Lipinski definition) is 5. The monoisotopic (exact) mass is 398 g/mol. The van der Waals surface area contributed by atoms with Gasteiger partial charge in [0.1, 0.15) is 11.5 Å². The van der Waals surface area contributed by atoms with Crippen LogP contribution >= 0.6 is 0 Å². The first-order chi connectivity index (χ1) is 13.8. The lowest BCUT2D eigenvalue weighted by atomic mass is 10.1. The van der Waals surface area contributed by atoms with E-state index in [4.69, 9.17) is 9.47 Å². The molecule has 0 fully saturated rings. The topological polar surface area (TPSA) is 93.7 Å². The Morgan fingerprint density at radius 2 is 1.62 bits per heavy atom. The standard InChI is InChI=1S/C22H26N2O5/c1-14-8-9-15(2)21(16(14)3)28-13-20(26)23-10-11-24-22(27)18-6-5-7-19(12-18)29-17(4)25/h5-9,12H,10-11,13H2,1-4H3,(H,23,26)(H,24,27). The number of esters is 1. The first-order valence-corrected chi connectivity index (χ1v) is 9.31. The second-order valence-electron chi connectivity index (χ2n) is 6.67. The zero-order valence-corrected chi connectivity index (χ0v) is 17.1. The van der Waals surface area contributed by atoms with Gasteiger partial charge < -0.3 is 20.1 Å². The van der Waals surface area contributed by atoms with Crippen molar-refractivity contribution in [2.45, 2.75) is 27.7 Å². The summed E-state index contributed by atoms with van der Waals surface area (Å²) in [6, 6.07) is 10.3. The molecule has 154 valence electrons. The average molecular weight is 398 g/mol. The van der Waals surface area contributed by atoms with Gasteiger partial charge in [0.05, 0.1) is 0 Å². The molecule has 0 spiro atoms. The van der Waals surface area contributed by atoms with Gasteiger partial charge in [-0.1, -0.05) is 18.2 Å². The number of ether oxygens (including phenoxy) is 2. The zero-order valence-electron chi connectivity index (χ0n) is 17.1. The highest BCUT2D eigenvalue weighted by Gasteiger charge is 2.10. The SMILES string of the molecule is CC(=O)Oc1cccc(C(=O)NCCNC(=O)COc2c(C)ccc(C)c2C)c1. The Balaban J connectivity index is 1.75. The van der Waals surface area contributed by atoms with Gasteiger partial charge in [0.2, 0.25) is 0 Å². The van der Waals surface area contributed by atoms with E-state index in [0.29, 0.717) is 11.3 Å². The normalized spacial score (nSPS) is 10.2. The lowest BCUT2D eigenvalue weighted by Gasteiger charge is -2.14. The molecule has 0 aromatic heterocycles. The number of nitrogens with one attached hydrogen (secondary N) is 2. The Hall–Kier alpha value is -3.35. The maximum atomic E-state index is 12.2. The van der Waals surface area contributed by atoms with Gasteiger partial charge in [-0.05, 0) is 55.7 Å². The van der Waals surface area contributed by atoms with Gasteiger partial charge in [0.15, 0.2) is 6.61 Å². The minimum atomic E-state index is -0.455. The molecule has 7 heteroatoms. The fourth-order valence-electron chi connectivity index (χ4n) is 2.68. The number of carbonyl (C=O) groups excluding carboxylic acids is 3. The predicted octanol–water partition coefficient (Wildman–Crippen LogP) is 2.46. The van der Waals surface area contributed by atoms with Crippen molar-refractivity contribution in [3.63, 3.8) is 0 Å². The Kier molecular flexibility index (Phi) is 7.77. The van der Waals surface area contributed by atoms with E-state index < -0.39 is 5.97 Å². The van der Waals surface area contributed by atoms with Crippen LogP contribution in [0.15, 0.2) is 36.4 Å². The van der Waals surface area contributed by atoms with E-state index in [0.717, 1.165) is 22.4 Å². The molecule has 2 aromatic rings. The van der Waals surface area contributed by atoms with Crippen LogP contribution in [0.25, 0.3) is 0 Å². The molecule has 0 aliphatic rings. The summed E-state index contributed by atoms with van der Waals surface area (Å²) in [4.78, 5) is 35.1. The maximum absolute atomic E-state index is 12.2. The molecule has 2 aromatic carbocycles. The number of benzene rings is 2. The van der Waals surface area contributed by atoms with Crippen LogP contribution < -0.4 is 20.1 Å². The average Bonchev–Trinajstić information content (AvgIpc) is 2.67. The lowest BCUT2D eigenvalue weighted by molar-refractivity contribution is -0.131. The Morgan fingerprint density at radius 3 is 2.34 bits per heavy atom. The molecule has 29 heavy (non-hydrogen) atoms. The van der Waals surface area contributed by atoms with Crippen LogP contribution in [-0.4, -0.2) is 37.5 Å². The molecule has 2 N–H and O–H groups in total. The van der Waals surface area contributed by atoms with Crippen molar-refractivity contribution in [1.82, 2.24) is 10.6 Å². The third kappa shape index (κ3) is 6.64. The van der Waals surface area contributed by atoms with E-state index in [9.17, 15) is 14.4 Å². The van der Waals surface area contributed by atoms with Gasteiger partial charge in [-0.15, -0.1) is 0 Å². The summed E-state index contributed by atoms with van der Waals surface area (Å²) in [7, 11) is 0. The van der Waals surface area contributed by atoms with Gasteiger partial charge in [-0.2, -0.15) is 0 Å². The molecule has 0 unspecified atom stereocenters. The molecule has 0 heterocycles. The van der Waals surface area contributed by atoms with Gasteiger partial charge in [0, 0.05) is 25.6 Å². The van der Waals surface area contributed by atoms with Gasteiger partial charge in [-0.25, -0.2) is 0 Å². The van der Waals surface area contributed by atoms with Gasteiger partial charge >= 0.3 is 5.97 Å². The van der Waals surface area contributed by atoms with Crippen LogP contribution in [0.1, 0.15) is 34.0 Å². The van der Waals surface area contributed by atoms with E-state index in [1.807, 2.05) is 32.9 Å². The first-order valence-electron chi connectivity index (χ1n) is 9.31. The second kappa shape index (κ2) is 10.3. The van der Waals surface area contributed by atoms with E-state index in [2.05, 4.69) is 10.6 Å². The molecule has 0 aliphatic carbocycles. The highest BCUT2D eigenvalue weighted by atomic mass is 16.5. The molecule has 0 aliphatic heterocycles. The molecular weight excluding hydrogens is 372 g/mol. The number of aryl methyl sites for hydroxylation is 2. The van der Waals surface area contributed by atoms with Crippen LogP contribution in [0.4, 0.5) is 0 Å². The highest BCUT2D eigenvalue weighted by molar-refractivity contribution is 5.94. The maximum Gasteiger partial charge on any atom is 0.308 e. The molecule has 0 saturated heterocycles. The molecule has 2 amide bonds. The van der Waals surface area contributed by atoms with Crippen LogP contribution in [0.3, 0.4) is 0 Å². The van der Waals surface area contributed by atoms with Gasteiger partial charge in [0.25, 0.3) is 11.8 Å². The predicted molar refractivity (Wildman–Crippen MR) is 109 cm³/mol. The summed E-state index contributed by atoms with van der Waals surface area (Å²) < 4.78 is 10.6. The Bertz CT molecular complexity index is 908. The molecule has 2 rings (SSSR count). The van der Waals surface area contributed by atoms with Crippen molar-refractivity contribution < 1.29 is 23.9 Å². The summed E-state index contributed by atoms with van der Waals surface area (Å²) in [6.07, 6.45) is 0. The van der Waals surface area contributed by atoms with Crippen LogP contribution in [0.2, 0.25) is 0 Å². The van der Waals surface area contributed by atoms with Crippen molar-refractivity contribution in [3.8, 4) is 11.5 Å². The number of carbonyl (C=O) groups is 3. The first kappa shape index (κ1) is 21.9. The largest absolute Gasteiger partial charge is 0.483 e. The van der Waals surface area contributed by atoms with Crippen molar-refractivity contribution in [2.24, 2.45) is 0 Å². The van der Waals surface area contributed by atoms with Gasteiger partial charge in [-0.3, -0.25) is 14.4 Å². The number of amides is 2. The van der Waals surface area contributed by atoms with E-state index in [1.165, 1.54) is 13.0 Å². The summed E-state index contributed by atoms with van der Waals surface area (Å²) in [5, 5.41) is 5.40. The molecular formula is C22H26N2O5. The summed E-state index contributed by atoms with van der Waals surface area (Å²) in [5.74, 6) is -0.0195. The third-order valence-corrected chi connectivity index (χ3v) is 4.31. The molecule has 7 nitrogen and oxygen atoms in total. The quantitative estimate of drug-likeness (QED) is 0.405. The molecule has 0 bridgehead atoms. The van der Waals surface area contributed by atoms with Crippen LogP contribution in [-0.2, 0) is 9.59 Å². The fourth-order valence-corrected chi connectivity index (χ4v) is 2.68. The Morgan fingerprint density at radius 1 is 0.931 bits per heavy atom. The smallest absolute Gasteiger partial charge is 0.308 e. The second-order valence-corrected chi connectivity index (χ2v) is 6.67. The van der Waals surface area contributed by atoms with Crippen molar-refractivity contribution in [1.29, 1.82) is 0 Å². The summed E-state index contributed by atoms with van der Waals surface area (Å²) in [5.41, 5.74) is 3.46. The molecule has 0 radical (unpaired) electrons. The van der Waals surface area contributed by atoms with Crippen molar-refractivity contribution in [2.75, 3.05) is 19.7 Å². The fraction of sp³-hybridized carbons (Fsp3) is 0.318. The lowest BCUT2D eigenvalue weighted by Crippen LogP contribution is -2.36. The minimum absolute atomic E-state index is 0.0937. The summed E-state index contributed by atoms with van der Waals surface area (Å²) in [6.45, 7) is 7.61. The number of rotatable bonds is 8. The van der Waals surface area contributed by atoms with E-state index in [-0.39, 0.29) is 31.5 Å². The zero-order chi connectivity index (χ0) is 21.4. The van der Waals surface area contributed by atoms with Crippen molar-refractivity contribution >= 4 is 17.8 Å². The number of hydrogen-bond donors (Lipinski definition) is 2. The van der Waals surface area contributed by atoms with E-state index in [1.54, 1.807) is 18.2 Å². The highest BCUT2D eigenvalue weighted by Crippen LogP contribution is 2.25. The molecule has 0 atom stereocenters. The summed E-state index contributed by atoms with van der Waals surface area (Å²) >= 11 is 0. The van der Waals surface area contributed by atoms with Crippen LogP contribution in [0, 0.1) is 20.8 Å². The van der Waals surface area contributed by atoms with Crippen LogP contribution in [0.5, 0.6) is 11.5 Å². The third-order valence-electron chi connectivity index (χ3n) is 4.31. The molecule has 0 saturated carbocycles. The van der Waals surface area contributed by atoms with E-state index >= 15 is 0 Å². The minimum Gasteiger partial charge on any atom is -0.483 e. The van der Waals surface area contributed by atoms with Crippen molar-refractivity contribution in [3.05, 3.63) is 58.7 Å².